The fraction of sp³-hybridized carbons (Fsp3) is 0.444. The van der Waals surface area contributed by atoms with Crippen LogP contribution in [0.1, 0.15) is 18.2 Å². The first-order valence-electron chi connectivity index (χ1n) is 4.07. The van der Waals surface area contributed by atoms with E-state index in [0.717, 1.165) is 5.69 Å². The normalized spacial score (nSPS) is 12.8. The van der Waals surface area contributed by atoms with Gasteiger partial charge in [-0.2, -0.15) is 0 Å². The Morgan fingerprint density at radius 1 is 1.58 bits per heavy atom. The first-order valence-corrected chi connectivity index (χ1v) is 4.07. The summed E-state index contributed by atoms with van der Waals surface area (Å²) in [5, 5.41) is 11.9. The molecule has 3 heteroatoms. The summed E-state index contributed by atoms with van der Waals surface area (Å²) in [7, 11) is 1.87. The lowest BCUT2D eigenvalue weighted by Crippen LogP contribution is -2.18. The lowest BCUT2D eigenvalue weighted by atomic mass is 10.1. The van der Waals surface area contributed by atoms with Crippen LogP contribution in [0.15, 0.2) is 24.4 Å². The Bertz CT molecular complexity index is 213. The number of nitrogens with zero attached hydrogens (tertiary/aromatic N) is 1. The maximum absolute atomic E-state index is 8.76. The summed E-state index contributed by atoms with van der Waals surface area (Å²) in [6.45, 7) is 0.183. The fourth-order valence-corrected chi connectivity index (χ4v) is 1.15. The van der Waals surface area contributed by atoms with E-state index in [9.17, 15) is 0 Å². The number of nitrogens with one attached hydrogen (secondary N) is 1. The summed E-state index contributed by atoms with van der Waals surface area (Å²) < 4.78 is 0. The van der Waals surface area contributed by atoms with Gasteiger partial charge in [0.2, 0.25) is 0 Å². The van der Waals surface area contributed by atoms with Crippen LogP contribution in [0.3, 0.4) is 0 Å². The smallest absolute Gasteiger partial charge is 0.0573 e. The largest absolute Gasteiger partial charge is 0.396 e. The van der Waals surface area contributed by atoms with Crippen molar-refractivity contribution in [3.05, 3.63) is 30.1 Å². The molecule has 1 rings (SSSR count). The van der Waals surface area contributed by atoms with Crippen LogP contribution in [0, 0.1) is 0 Å². The zero-order chi connectivity index (χ0) is 8.81. The van der Waals surface area contributed by atoms with Gasteiger partial charge in [0.05, 0.1) is 11.7 Å². The fourth-order valence-electron chi connectivity index (χ4n) is 1.15. The highest BCUT2D eigenvalue weighted by Gasteiger charge is 2.07. The molecule has 0 spiro atoms. The van der Waals surface area contributed by atoms with Crippen LogP contribution in [-0.4, -0.2) is 23.7 Å². The highest BCUT2D eigenvalue weighted by molar-refractivity contribution is 5.08. The van der Waals surface area contributed by atoms with Gasteiger partial charge in [-0.05, 0) is 25.6 Å². The molecule has 12 heavy (non-hydrogen) atoms. The van der Waals surface area contributed by atoms with Gasteiger partial charge in [0.25, 0.3) is 0 Å². The Labute approximate surface area is 72.5 Å². The van der Waals surface area contributed by atoms with Crippen molar-refractivity contribution in [2.45, 2.75) is 12.5 Å². The number of hydrogen-bond acceptors (Lipinski definition) is 3. The number of hydrogen-bond donors (Lipinski definition) is 2. The summed E-state index contributed by atoms with van der Waals surface area (Å²) in [6.07, 6.45) is 2.46. The van der Waals surface area contributed by atoms with Gasteiger partial charge in [-0.15, -0.1) is 0 Å². The average molecular weight is 166 g/mol. The van der Waals surface area contributed by atoms with E-state index in [-0.39, 0.29) is 12.6 Å². The highest BCUT2D eigenvalue weighted by atomic mass is 16.3. The van der Waals surface area contributed by atoms with Crippen LogP contribution < -0.4 is 5.32 Å². The Morgan fingerprint density at radius 2 is 2.42 bits per heavy atom. The topological polar surface area (TPSA) is 45.1 Å². The molecule has 0 saturated heterocycles. The average Bonchev–Trinajstić information content (AvgIpc) is 2.15. The predicted molar refractivity (Wildman–Crippen MR) is 47.7 cm³/mol. The Hall–Kier alpha value is -0.930. The molecule has 0 bridgehead atoms. The SMILES string of the molecule is CNC(CCO)c1ccccn1. The second kappa shape index (κ2) is 4.85. The van der Waals surface area contributed by atoms with Crippen molar-refractivity contribution in [2.75, 3.05) is 13.7 Å². The second-order valence-electron chi connectivity index (χ2n) is 2.61. The molecular weight excluding hydrogens is 152 g/mol. The van der Waals surface area contributed by atoms with Gasteiger partial charge >= 0.3 is 0 Å². The van der Waals surface area contributed by atoms with Crippen LogP contribution in [-0.2, 0) is 0 Å². The molecule has 1 unspecified atom stereocenters. The molecule has 0 fully saturated rings. The van der Waals surface area contributed by atoms with Gasteiger partial charge < -0.3 is 10.4 Å². The minimum Gasteiger partial charge on any atom is -0.396 e. The Morgan fingerprint density at radius 3 is 2.92 bits per heavy atom. The van der Waals surface area contributed by atoms with Gasteiger partial charge in [0, 0.05) is 12.8 Å². The molecular formula is C9H14N2O. The molecule has 1 aromatic heterocycles. The molecule has 0 amide bonds. The van der Waals surface area contributed by atoms with Crippen LogP contribution >= 0.6 is 0 Å². The van der Waals surface area contributed by atoms with Crippen molar-refractivity contribution in [3.63, 3.8) is 0 Å². The molecule has 3 nitrogen and oxygen atoms in total. The summed E-state index contributed by atoms with van der Waals surface area (Å²) in [4.78, 5) is 4.19. The molecule has 0 aliphatic rings. The zero-order valence-electron chi connectivity index (χ0n) is 7.20. The van der Waals surface area contributed by atoms with Crippen LogP contribution in [0.25, 0.3) is 0 Å². The summed E-state index contributed by atoms with van der Waals surface area (Å²) in [5.74, 6) is 0. The number of aliphatic hydroxyl groups excluding tert-OH is 1. The van der Waals surface area contributed by atoms with E-state index in [2.05, 4.69) is 10.3 Å². The third-order valence-corrected chi connectivity index (χ3v) is 1.81. The maximum Gasteiger partial charge on any atom is 0.0573 e. The van der Waals surface area contributed by atoms with Gasteiger partial charge in [-0.3, -0.25) is 4.98 Å². The molecule has 0 aromatic carbocycles. The van der Waals surface area contributed by atoms with Crippen LogP contribution in [0.2, 0.25) is 0 Å². The van der Waals surface area contributed by atoms with Gasteiger partial charge in [-0.25, -0.2) is 0 Å². The van der Waals surface area contributed by atoms with Gasteiger partial charge in [0.15, 0.2) is 0 Å². The number of rotatable bonds is 4. The lowest BCUT2D eigenvalue weighted by Gasteiger charge is -2.13. The Balaban J connectivity index is 2.66. The summed E-state index contributed by atoms with van der Waals surface area (Å²) in [6, 6.07) is 5.95. The molecule has 1 atom stereocenters. The van der Waals surface area contributed by atoms with Crippen molar-refractivity contribution in [1.29, 1.82) is 0 Å². The summed E-state index contributed by atoms with van der Waals surface area (Å²) >= 11 is 0. The van der Waals surface area contributed by atoms with Gasteiger partial charge in [0.1, 0.15) is 0 Å². The quantitative estimate of drug-likeness (QED) is 0.693. The van der Waals surface area contributed by atoms with Crippen LogP contribution in [0.4, 0.5) is 0 Å². The standard InChI is InChI=1S/C9H14N2O/c1-10-8(5-7-12)9-4-2-3-6-11-9/h2-4,6,8,10,12H,5,7H2,1H3. The van der Waals surface area contributed by atoms with E-state index < -0.39 is 0 Å². The number of aliphatic hydroxyl groups is 1. The molecule has 66 valence electrons. The molecule has 1 aromatic rings. The molecule has 0 saturated carbocycles. The Kier molecular flexibility index (Phi) is 3.70. The molecule has 0 radical (unpaired) electrons. The number of pyridine rings is 1. The summed E-state index contributed by atoms with van der Waals surface area (Å²) in [5.41, 5.74) is 0.981. The van der Waals surface area contributed by atoms with Crippen LogP contribution in [0.5, 0.6) is 0 Å². The molecule has 0 aliphatic heterocycles. The predicted octanol–water partition coefficient (Wildman–Crippen LogP) is 0.724. The zero-order valence-corrected chi connectivity index (χ0v) is 7.20. The third-order valence-electron chi connectivity index (χ3n) is 1.81. The van der Waals surface area contributed by atoms with E-state index in [4.69, 9.17) is 5.11 Å². The van der Waals surface area contributed by atoms with E-state index in [1.807, 2.05) is 25.2 Å². The van der Waals surface area contributed by atoms with Crippen molar-refractivity contribution in [1.82, 2.24) is 10.3 Å². The minimum atomic E-state index is 0.163. The van der Waals surface area contributed by atoms with E-state index >= 15 is 0 Å². The van der Waals surface area contributed by atoms with E-state index in [1.54, 1.807) is 6.20 Å². The van der Waals surface area contributed by atoms with E-state index in [1.165, 1.54) is 0 Å². The second-order valence-corrected chi connectivity index (χ2v) is 2.61. The van der Waals surface area contributed by atoms with Crippen molar-refractivity contribution < 1.29 is 5.11 Å². The van der Waals surface area contributed by atoms with Crippen molar-refractivity contribution in [2.24, 2.45) is 0 Å². The number of aromatic nitrogens is 1. The first kappa shape index (κ1) is 9.16. The third kappa shape index (κ3) is 2.29. The first-order chi connectivity index (χ1) is 5.88. The van der Waals surface area contributed by atoms with Gasteiger partial charge in [-0.1, -0.05) is 6.07 Å². The van der Waals surface area contributed by atoms with Crippen molar-refractivity contribution >= 4 is 0 Å². The minimum absolute atomic E-state index is 0.163. The lowest BCUT2D eigenvalue weighted by molar-refractivity contribution is 0.267. The van der Waals surface area contributed by atoms with E-state index in [0.29, 0.717) is 6.42 Å². The highest BCUT2D eigenvalue weighted by Crippen LogP contribution is 2.11. The monoisotopic (exact) mass is 166 g/mol. The maximum atomic E-state index is 8.76. The van der Waals surface area contributed by atoms with Crippen molar-refractivity contribution in [3.8, 4) is 0 Å². The molecule has 0 aliphatic carbocycles. The molecule has 1 heterocycles. The molecule has 2 N–H and O–H groups in total.